The average molecular weight is 1750 g/mol. The van der Waals surface area contributed by atoms with Crippen molar-refractivity contribution in [3.05, 3.63) is 623 Å². The summed E-state index contributed by atoms with van der Waals surface area (Å²) in [6, 6.07) is 202. The Labute approximate surface area is 805 Å². The van der Waals surface area contributed by atoms with Gasteiger partial charge in [-0.25, -0.2) is 0 Å². The molecule has 0 aliphatic heterocycles. The molecule has 2 spiro atoms. The minimum atomic E-state index is -0.719. The lowest BCUT2D eigenvalue weighted by Crippen LogP contribution is -2.28. The minimum absolute atomic E-state index is 0.557. The van der Waals surface area contributed by atoms with Crippen molar-refractivity contribution in [3.63, 3.8) is 0 Å². The van der Waals surface area contributed by atoms with E-state index < -0.39 is 21.7 Å². The number of hydrogen-bond acceptors (Lipinski definition) is 2. The molecule has 0 amide bonds. The van der Waals surface area contributed by atoms with Crippen LogP contribution in [-0.4, -0.2) is 0 Å². The number of nitrogens with zero attached hydrogens (tertiary/aromatic N) is 2. The van der Waals surface area contributed by atoms with Gasteiger partial charge < -0.3 is 9.80 Å². The molecule has 6 aliphatic rings. The number of benzene rings is 22. The third kappa shape index (κ3) is 11.1. The van der Waals surface area contributed by atoms with Crippen LogP contribution in [0.4, 0.5) is 34.1 Å². The van der Waals surface area contributed by atoms with Crippen LogP contribution in [0.25, 0.3) is 122 Å². The summed E-state index contributed by atoms with van der Waals surface area (Å²) >= 11 is 0. The van der Waals surface area contributed by atoms with Crippen molar-refractivity contribution in [1.82, 2.24) is 0 Å². The molecule has 0 heterocycles. The van der Waals surface area contributed by atoms with Gasteiger partial charge in [-0.15, -0.1) is 0 Å². The Morgan fingerprint density at radius 1 is 0.116 bits per heavy atom. The number of para-hydroxylation sites is 2. The Morgan fingerprint density at radius 2 is 0.377 bits per heavy atom. The molecular formula is C136H88N2. The summed E-state index contributed by atoms with van der Waals surface area (Å²) in [6.45, 7) is 0. The zero-order chi connectivity index (χ0) is 90.8. The van der Waals surface area contributed by atoms with E-state index in [1.165, 1.54) is 178 Å². The quantitative estimate of drug-likeness (QED) is 0.101. The average Bonchev–Trinajstić information content (AvgIpc) is 1.50. The van der Waals surface area contributed by atoms with Crippen LogP contribution in [0.1, 0.15) is 89.0 Å². The van der Waals surface area contributed by atoms with Crippen LogP contribution in [0.15, 0.2) is 534 Å². The van der Waals surface area contributed by atoms with E-state index in [0.717, 1.165) is 67.5 Å². The normalized spacial score (nSPS) is 15.3. The predicted molar refractivity (Wildman–Crippen MR) is 570 cm³/mol. The summed E-state index contributed by atoms with van der Waals surface area (Å²) in [6.07, 6.45) is 0. The van der Waals surface area contributed by atoms with Gasteiger partial charge in [-0.2, -0.15) is 0 Å². The van der Waals surface area contributed by atoms with E-state index in [2.05, 4.69) is 544 Å². The molecule has 0 aromatic heterocycles. The van der Waals surface area contributed by atoms with Crippen molar-refractivity contribution in [2.45, 2.75) is 21.7 Å². The van der Waals surface area contributed by atoms with E-state index in [4.69, 9.17) is 0 Å². The van der Waals surface area contributed by atoms with Gasteiger partial charge in [0.25, 0.3) is 0 Å². The van der Waals surface area contributed by atoms with Crippen LogP contribution >= 0.6 is 0 Å². The van der Waals surface area contributed by atoms with Gasteiger partial charge in [0.15, 0.2) is 0 Å². The molecule has 22 aromatic carbocycles. The number of rotatable bonds is 15. The minimum Gasteiger partial charge on any atom is -0.309 e. The number of hydrogen-bond donors (Lipinski definition) is 0. The maximum absolute atomic E-state index is 2.61. The van der Waals surface area contributed by atoms with Crippen LogP contribution in [0.3, 0.4) is 0 Å². The molecule has 0 fully saturated rings. The smallest absolute Gasteiger partial charge is 0.0726 e. The summed E-state index contributed by atoms with van der Waals surface area (Å²) in [7, 11) is 0. The molecule has 0 saturated heterocycles. The largest absolute Gasteiger partial charge is 0.309 e. The van der Waals surface area contributed by atoms with Gasteiger partial charge in [-0.3, -0.25) is 0 Å². The van der Waals surface area contributed by atoms with E-state index in [9.17, 15) is 0 Å². The lowest BCUT2D eigenvalue weighted by molar-refractivity contribution is 0.768. The standard InChI is InChI=1S/C136H88N2/c1-6-39-89(40-7-1)92-43-36-44-94(85-92)102-52-25-34-71-127(102)137(99-80-83-122-113(87-99)107-57-20-27-62-115(107)133(122,95-45-10-3-11-46-95)96-47-12-4-13-48-96)129-73-38-70-126-132(129)111-61-24-33-68-121(111)136(126)119-66-31-22-56-106(119)112-86-93(77-82-124(112)136)90-75-78-98(79-76-90)134(97-49-14-5-15-50-97)116-63-28-21-58-108(116)114-88-100(81-84-123(114)134)138(128-72-35-26-59-109(128)103-53-17-16-51-101(103)91-41-8-2-9-42-91)130-74-37-69-125-131(130)110-60-23-32-67-120(110)135(125)117-64-29-18-54-104(117)105-55-19-30-65-118(105)135/h1-88H. The van der Waals surface area contributed by atoms with Crippen LogP contribution in [0.2, 0.25) is 0 Å². The fourth-order valence-electron chi connectivity index (χ4n) is 25.9. The van der Waals surface area contributed by atoms with Crippen LogP contribution < -0.4 is 9.80 Å². The second-order valence-electron chi connectivity index (χ2n) is 37.7. The molecule has 0 radical (unpaired) electrons. The fraction of sp³-hybridized carbons (Fsp3) is 0.0294. The molecule has 2 unspecified atom stereocenters. The van der Waals surface area contributed by atoms with E-state index in [1.54, 1.807) is 0 Å². The summed E-state index contributed by atoms with van der Waals surface area (Å²) in [5.74, 6) is 0. The molecule has 2 nitrogen and oxygen atoms in total. The highest BCUT2D eigenvalue weighted by Crippen LogP contribution is 2.69. The van der Waals surface area contributed by atoms with E-state index in [-0.39, 0.29) is 0 Å². The topological polar surface area (TPSA) is 6.48 Å². The molecule has 642 valence electrons. The van der Waals surface area contributed by atoms with Gasteiger partial charge in [0.1, 0.15) is 0 Å². The van der Waals surface area contributed by atoms with Crippen LogP contribution in [-0.2, 0) is 21.7 Å². The Hall–Kier alpha value is -17.6. The van der Waals surface area contributed by atoms with Gasteiger partial charge in [0, 0.05) is 33.6 Å². The first-order chi connectivity index (χ1) is 68.5. The summed E-state index contributed by atoms with van der Waals surface area (Å²) < 4.78 is 0. The summed E-state index contributed by atoms with van der Waals surface area (Å²) in [5, 5.41) is 0. The summed E-state index contributed by atoms with van der Waals surface area (Å²) in [4.78, 5) is 5.21. The van der Waals surface area contributed by atoms with Crippen molar-refractivity contribution < 1.29 is 0 Å². The third-order valence-electron chi connectivity index (χ3n) is 31.3. The van der Waals surface area contributed by atoms with Crippen molar-refractivity contribution >= 4 is 34.1 Å². The van der Waals surface area contributed by atoms with Crippen LogP contribution in [0, 0.1) is 0 Å². The highest BCUT2D eigenvalue weighted by molar-refractivity contribution is 6.07. The molecule has 6 aliphatic carbocycles. The van der Waals surface area contributed by atoms with Crippen molar-refractivity contribution in [1.29, 1.82) is 0 Å². The van der Waals surface area contributed by atoms with Crippen LogP contribution in [0.5, 0.6) is 0 Å². The maximum atomic E-state index is 2.61. The first-order valence-corrected chi connectivity index (χ1v) is 48.3. The molecule has 22 aromatic rings. The van der Waals surface area contributed by atoms with Gasteiger partial charge in [-0.1, -0.05) is 473 Å². The Bertz CT molecular complexity index is 8630. The van der Waals surface area contributed by atoms with Crippen molar-refractivity contribution in [3.8, 4) is 122 Å². The third-order valence-corrected chi connectivity index (χ3v) is 31.3. The van der Waals surface area contributed by atoms with Gasteiger partial charge >= 0.3 is 0 Å². The molecule has 2 heteroatoms. The fourth-order valence-corrected chi connectivity index (χ4v) is 25.9. The highest BCUT2D eigenvalue weighted by Gasteiger charge is 2.56. The van der Waals surface area contributed by atoms with Crippen molar-refractivity contribution in [2.24, 2.45) is 0 Å². The molecule has 28 rings (SSSR count). The Morgan fingerprint density at radius 3 is 0.833 bits per heavy atom. The van der Waals surface area contributed by atoms with Gasteiger partial charge in [0.05, 0.1) is 44.4 Å². The molecule has 0 saturated carbocycles. The molecule has 0 N–H and O–H groups in total. The predicted octanol–water partition coefficient (Wildman–Crippen LogP) is 34.4. The van der Waals surface area contributed by atoms with E-state index in [0.29, 0.717) is 0 Å². The first-order valence-electron chi connectivity index (χ1n) is 48.3. The molecule has 0 bridgehead atoms. The SMILES string of the molecule is c1ccc(-c2cccc(-c3ccccc3N(c3ccc4c(c3)-c3ccccc3C4(c3ccccc3)c3ccccc3)c3cccc4c3-c3ccccc3C43c4ccccc4-c4cc(-c5ccc(C6(c7ccccc7)c7ccccc7-c7cc(N(c8ccccc8-c8ccccc8-c8ccccc8)c8cccc9c8-c8ccccc8C98c9ccccc9-c9ccccc98)ccc76)cc5)ccc43)c2)cc1. The Kier molecular flexibility index (Phi) is 17.8. The molecular weight excluding hydrogens is 1660 g/mol. The molecule has 138 heavy (non-hydrogen) atoms. The van der Waals surface area contributed by atoms with E-state index in [1.807, 2.05) is 0 Å². The first kappa shape index (κ1) is 79.0. The van der Waals surface area contributed by atoms with Gasteiger partial charge in [0.2, 0.25) is 0 Å². The number of fused-ring (bicyclic) bond motifs is 26. The lowest BCUT2D eigenvalue weighted by atomic mass is 9.67. The monoisotopic (exact) mass is 1750 g/mol. The maximum Gasteiger partial charge on any atom is 0.0726 e. The van der Waals surface area contributed by atoms with Crippen molar-refractivity contribution in [2.75, 3.05) is 9.80 Å². The number of anilines is 6. The summed E-state index contributed by atoms with van der Waals surface area (Å²) in [5.41, 5.74) is 50.7. The second-order valence-corrected chi connectivity index (χ2v) is 37.7. The van der Waals surface area contributed by atoms with E-state index >= 15 is 0 Å². The lowest BCUT2D eigenvalue weighted by Gasteiger charge is -2.35. The van der Waals surface area contributed by atoms with Gasteiger partial charge in [-0.05, 0) is 250 Å². The second kappa shape index (κ2) is 31.0. The highest BCUT2D eigenvalue weighted by atomic mass is 15.2. The zero-order valence-corrected chi connectivity index (χ0v) is 75.7. The zero-order valence-electron chi connectivity index (χ0n) is 75.7. The molecule has 2 atom stereocenters. The Balaban J connectivity index is 0.599.